The number of aliphatic carboxylic acids is 1. The zero-order valence-corrected chi connectivity index (χ0v) is 20.3. The van der Waals surface area contributed by atoms with Crippen LogP contribution < -0.4 is 9.62 Å². The molecule has 1 aromatic heterocycles. The van der Waals surface area contributed by atoms with Crippen molar-refractivity contribution in [2.45, 2.75) is 25.2 Å². The summed E-state index contributed by atoms with van der Waals surface area (Å²) in [6.45, 7) is 4.51. The van der Waals surface area contributed by atoms with Gasteiger partial charge in [0.05, 0.1) is 28.7 Å². The van der Waals surface area contributed by atoms with E-state index in [2.05, 4.69) is 14.7 Å². The summed E-state index contributed by atoms with van der Waals surface area (Å²) >= 11 is 0. The Balaban J connectivity index is 1.52. The van der Waals surface area contributed by atoms with E-state index in [1.54, 1.807) is 24.6 Å². The predicted molar refractivity (Wildman–Crippen MR) is 136 cm³/mol. The second-order valence-corrected chi connectivity index (χ2v) is 10.4. The van der Waals surface area contributed by atoms with Crippen molar-refractivity contribution in [3.63, 3.8) is 0 Å². The molecule has 180 valence electrons. The Hall–Kier alpha value is -3.85. The summed E-state index contributed by atoms with van der Waals surface area (Å²) < 4.78 is 31.5. The van der Waals surface area contributed by atoms with Crippen LogP contribution in [0.1, 0.15) is 17.8 Å². The number of carboxylic acid groups (broad SMARTS) is 1. The molecule has 2 heterocycles. The van der Waals surface area contributed by atoms with Crippen LogP contribution in [0.25, 0.3) is 16.5 Å². The number of benzene rings is 3. The lowest BCUT2D eigenvalue weighted by atomic mass is 10.1. The van der Waals surface area contributed by atoms with E-state index < -0.39 is 21.9 Å². The molecule has 9 heteroatoms. The van der Waals surface area contributed by atoms with Crippen LogP contribution in [0, 0.1) is 19.8 Å². The molecule has 1 saturated heterocycles. The van der Waals surface area contributed by atoms with E-state index in [-0.39, 0.29) is 4.90 Å². The van der Waals surface area contributed by atoms with Crippen molar-refractivity contribution >= 4 is 38.1 Å². The molecule has 3 aromatic carbocycles. The third kappa shape index (κ3) is 4.12. The third-order valence-corrected chi connectivity index (χ3v) is 8.13. The van der Waals surface area contributed by atoms with Gasteiger partial charge in [0.15, 0.2) is 0 Å². The first-order valence-corrected chi connectivity index (χ1v) is 12.9. The Labute approximate surface area is 203 Å². The molecule has 1 atom stereocenters. The Morgan fingerprint density at radius 3 is 2.37 bits per heavy atom. The lowest BCUT2D eigenvalue weighted by Crippen LogP contribution is -2.23. The SMILES string of the molecule is Cc1nn(-c2ccccc2)c(C)c1S(=O)(=O)Nc1ccc(N2CC[C@@H](C(=O)O)C2)c2ccccc12. The monoisotopic (exact) mass is 490 g/mol. The highest BCUT2D eigenvalue weighted by Crippen LogP contribution is 2.36. The van der Waals surface area contributed by atoms with Gasteiger partial charge in [0.25, 0.3) is 10.0 Å². The Kier molecular flexibility index (Phi) is 5.72. The lowest BCUT2D eigenvalue weighted by Gasteiger charge is -2.22. The van der Waals surface area contributed by atoms with Crippen molar-refractivity contribution < 1.29 is 18.3 Å². The van der Waals surface area contributed by atoms with Crippen LogP contribution in [0.4, 0.5) is 11.4 Å². The smallest absolute Gasteiger partial charge is 0.308 e. The van der Waals surface area contributed by atoms with E-state index in [1.165, 1.54) is 0 Å². The van der Waals surface area contributed by atoms with Gasteiger partial charge in [0.2, 0.25) is 0 Å². The Morgan fingerprint density at radius 1 is 1.00 bits per heavy atom. The zero-order valence-electron chi connectivity index (χ0n) is 19.5. The molecule has 0 aliphatic carbocycles. The minimum Gasteiger partial charge on any atom is -0.481 e. The number of carboxylic acids is 1. The second kappa shape index (κ2) is 8.74. The number of aromatic nitrogens is 2. The van der Waals surface area contributed by atoms with Crippen molar-refractivity contribution in [3.05, 3.63) is 78.1 Å². The lowest BCUT2D eigenvalue weighted by molar-refractivity contribution is -0.140. The standard InChI is InChI=1S/C26H26N4O4S/c1-17-25(18(2)30(27-17)20-8-4-3-5-9-20)35(33,34)28-23-12-13-24(22-11-7-6-10-21(22)23)29-15-14-19(16-29)26(31)32/h3-13,19,28H,14-16H2,1-2H3,(H,31,32)/t19-/m1/s1. The molecule has 0 amide bonds. The molecule has 1 aliphatic rings. The van der Waals surface area contributed by atoms with Gasteiger partial charge in [-0.2, -0.15) is 5.10 Å². The van der Waals surface area contributed by atoms with Gasteiger partial charge in [-0.3, -0.25) is 9.52 Å². The molecule has 0 saturated carbocycles. The number of fused-ring (bicyclic) bond motifs is 1. The van der Waals surface area contributed by atoms with E-state index in [1.807, 2.05) is 60.7 Å². The summed E-state index contributed by atoms with van der Waals surface area (Å²) in [4.78, 5) is 13.6. The molecule has 0 radical (unpaired) electrons. The fourth-order valence-electron chi connectivity index (χ4n) is 4.86. The molecule has 0 unspecified atom stereocenters. The van der Waals surface area contributed by atoms with E-state index in [9.17, 15) is 18.3 Å². The topological polar surface area (TPSA) is 105 Å². The van der Waals surface area contributed by atoms with Crippen molar-refractivity contribution in [3.8, 4) is 5.69 Å². The Bertz CT molecular complexity index is 1530. The quantitative estimate of drug-likeness (QED) is 0.416. The van der Waals surface area contributed by atoms with Crippen LogP contribution in [-0.2, 0) is 14.8 Å². The van der Waals surface area contributed by atoms with Crippen molar-refractivity contribution in [2.75, 3.05) is 22.7 Å². The summed E-state index contributed by atoms with van der Waals surface area (Å²) in [5.41, 5.74) is 3.09. The van der Waals surface area contributed by atoms with Crippen LogP contribution >= 0.6 is 0 Å². The van der Waals surface area contributed by atoms with Crippen molar-refractivity contribution in [1.82, 2.24) is 9.78 Å². The number of sulfonamides is 1. The highest BCUT2D eigenvalue weighted by atomic mass is 32.2. The number of aryl methyl sites for hydroxylation is 1. The van der Waals surface area contributed by atoms with Gasteiger partial charge >= 0.3 is 5.97 Å². The number of carbonyl (C=O) groups is 1. The average Bonchev–Trinajstić information content (AvgIpc) is 3.45. The van der Waals surface area contributed by atoms with Crippen LogP contribution in [0.3, 0.4) is 0 Å². The van der Waals surface area contributed by atoms with Gasteiger partial charge in [-0.1, -0.05) is 42.5 Å². The summed E-state index contributed by atoms with van der Waals surface area (Å²) in [6.07, 6.45) is 0.585. The molecule has 0 spiro atoms. The summed E-state index contributed by atoms with van der Waals surface area (Å²) in [5, 5.41) is 15.5. The largest absolute Gasteiger partial charge is 0.481 e. The fourth-order valence-corrected chi connectivity index (χ4v) is 6.34. The molecular weight excluding hydrogens is 464 g/mol. The molecule has 5 rings (SSSR count). The van der Waals surface area contributed by atoms with Gasteiger partial charge < -0.3 is 10.0 Å². The number of para-hydroxylation sites is 1. The van der Waals surface area contributed by atoms with Crippen LogP contribution in [-0.4, -0.2) is 42.4 Å². The summed E-state index contributed by atoms with van der Waals surface area (Å²) in [7, 11) is -3.93. The molecule has 8 nitrogen and oxygen atoms in total. The summed E-state index contributed by atoms with van der Waals surface area (Å²) in [6, 6.07) is 20.6. The van der Waals surface area contributed by atoms with Crippen molar-refractivity contribution in [2.24, 2.45) is 5.92 Å². The maximum Gasteiger partial charge on any atom is 0.308 e. The van der Waals surface area contributed by atoms with Gasteiger partial charge in [-0.25, -0.2) is 13.1 Å². The van der Waals surface area contributed by atoms with E-state index in [4.69, 9.17) is 0 Å². The highest BCUT2D eigenvalue weighted by Gasteiger charge is 2.30. The maximum absolute atomic E-state index is 13.6. The number of nitrogens with one attached hydrogen (secondary N) is 1. The van der Waals surface area contributed by atoms with E-state index >= 15 is 0 Å². The number of hydrogen-bond acceptors (Lipinski definition) is 5. The number of hydrogen-bond donors (Lipinski definition) is 2. The van der Waals surface area contributed by atoms with Gasteiger partial charge in [0.1, 0.15) is 4.90 Å². The number of nitrogens with zero attached hydrogens (tertiary/aromatic N) is 3. The first kappa shape index (κ1) is 22.9. The fraction of sp³-hybridized carbons (Fsp3) is 0.231. The third-order valence-electron chi connectivity index (χ3n) is 6.52. The second-order valence-electron chi connectivity index (χ2n) is 8.80. The molecule has 35 heavy (non-hydrogen) atoms. The van der Waals surface area contributed by atoms with Gasteiger partial charge in [-0.05, 0) is 44.5 Å². The zero-order chi connectivity index (χ0) is 24.7. The van der Waals surface area contributed by atoms with E-state index in [0.717, 1.165) is 22.1 Å². The Morgan fingerprint density at radius 2 is 1.69 bits per heavy atom. The molecule has 4 aromatic rings. The normalized spacial score (nSPS) is 16.1. The van der Waals surface area contributed by atoms with Crippen LogP contribution in [0.5, 0.6) is 0 Å². The average molecular weight is 491 g/mol. The van der Waals surface area contributed by atoms with Crippen LogP contribution in [0.2, 0.25) is 0 Å². The highest BCUT2D eigenvalue weighted by molar-refractivity contribution is 7.92. The number of anilines is 2. The van der Waals surface area contributed by atoms with Crippen LogP contribution in [0.15, 0.2) is 71.6 Å². The molecule has 2 N–H and O–H groups in total. The summed E-state index contributed by atoms with van der Waals surface area (Å²) in [5.74, 6) is -1.19. The minimum atomic E-state index is -3.93. The predicted octanol–water partition coefficient (Wildman–Crippen LogP) is 4.35. The van der Waals surface area contributed by atoms with Crippen molar-refractivity contribution in [1.29, 1.82) is 0 Å². The number of rotatable bonds is 6. The first-order chi connectivity index (χ1) is 16.8. The molecule has 1 aliphatic heterocycles. The van der Waals surface area contributed by atoms with E-state index in [0.29, 0.717) is 36.6 Å². The first-order valence-electron chi connectivity index (χ1n) is 11.4. The molecule has 0 bridgehead atoms. The minimum absolute atomic E-state index is 0.151. The molecule has 1 fully saturated rings. The van der Waals surface area contributed by atoms with Gasteiger partial charge in [0, 0.05) is 29.5 Å². The van der Waals surface area contributed by atoms with Gasteiger partial charge in [-0.15, -0.1) is 0 Å². The maximum atomic E-state index is 13.6. The molecular formula is C26H26N4O4S.